The van der Waals surface area contributed by atoms with Gasteiger partial charge >= 0.3 is 0 Å². The third-order valence-corrected chi connectivity index (χ3v) is 3.62. The van der Waals surface area contributed by atoms with Gasteiger partial charge in [-0.3, -0.25) is 4.79 Å². The maximum atomic E-state index is 11.9. The van der Waals surface area contributed by atoms with Gasteiger partial charge in [-0.25, -0.2) is 0 Å². The summed E-state index contributed by atoms with van der Waals surface area (Å²) in [5.74, 6) is 0.189. The molecule has 1 heterocycles. The Morgan fingerprint density at radius 2 is 2.18 bits per heavy atom. The van der Waals surface area contributed by atoms with Crippen LogP contribution in [0, 0.1) is 0 Å². The van der Waals surface area contributed by atoms with E-state index in [2.05, 4.69) is 5.32 Å². The molecule has 0 aromatic heterocycles. The van der Waals surface area contributed by atoms with Gasteiger partial charge in [-0.1, -0.05) is 0 Å². The monoisotopic (exact) mass is 242 g/mol. The summed E-state index contributed by atoms with van der Waals surface area (Å²) in [6.07, 6.45) is 3.59. The van der Waals surface area contributed by atoms with Crippen molar-refractivity contribution < 1.29 is 14.3 Å². The van der Waals surface area contributed by atoms with Crippen LogP contribution >= 0.6 is 0 Å². The summed E-state index contributed by atoms with van der Waals surface area (Å²) >= 11 is 0. The van der Waals surface area contributed by atoms with Gasteiger partial charge in [0, 0.05) is 26.2 Å². The van der Waals surface area contributed by atoms with Crippen LogP contribution in [-0.2, 0) is 14.3 Å². The predicted octanol–water partition coefficient (Wildman–Crippen LogP) is 0.00230. The van der Waals surface area contributed by atoms with Crippen LogP contribution in [-0.4, -0.2) is 62.9 Å². The highest BCUT2D eigenvalue weighted by atomic mass is 16.5. The number of rotatable bonds is 4. The Labute approximate surface area is 102 Å². The van der Waals surface area contributed by atoms with Gasteiger partial charge in [0.2, 0.25) is 5.91 Å². The standard InChI is InChI=1S/C12H22N2O3/c1-16-11-3-2-10(8-11)13-9-12(15)14-4-6-17-7-5-14/h10-11,13H,2-9H2,1H3. The topological polar surface area (TPSA) is 50.8 Å². The van der Waals surface area contributed by atoms with Gasteiger partial charge in [0.15, 0.2) is 0 Å². The molecule has 0 spiro atoms. The molecule has 0 radical (unpaired) electrons. The van der Waals surface area contributed by atoms with Gasteiger partial charge in [0.05, 0.1) is 25.9 Å². The van der Waals surface area contributed by atoms with Crippen molar-refractivity contribution in [3.8, 4) is 0 Å². The first kappa shape index (κ1) is 12.8. The highest BCUT2D eigenvalue weighted by Crippen LogP contribution is 2.21. The lowest BCUT2D eigenvalue weighted by atomic mass is 10.2. The molecule has 1 saturated carbocycles. The average molecular weight is 242 g/mol. The van der Waals surface area contributed by atoms with Crippen molar-refractivity contribution >= 4 is 5.91 Å². The van der Waals surface area contributed by atoms with Crippen LogP contribution in [0.25, 0.3) is 0 Å². The highest BCUT2D eigenvalue weighted by molar-refractivity contribution is 5.78. The molecule has 17 heavy (non-hydrogen) atoms. The molecular formula is C12H22N2O3. The van der Waals surface area contributed by atoms with E-state index in [1.165, 1.54) is 0 Å². The second-order valence-electron chi connectivity index (χ2n) is 4.74. The number of nitrogens with zero attached hydrogens (tertiary/aromatic N) is 1. The molecule has 2 fully saturated rings. The van der Waals surface area contributed by atoms with Gasteiger partial charge < -0.3 is 19.7 Å². The van der Waals surface area contributed by atoms with E-state index in [0.717, 1.165) is 32.4 Å². The molecule has 0 bridgehead atoms. The maximum Gasteiger partial charge on any atom is 0.236 e. The lowest BCUT2D eigenvalue weighted by molar-refractivity contribution is -0.134. The van der Waals surface area contributed by atoms with Crippen molar-refractivity contribution in [3.05, 3.63) is 0 Å². The van der Waals surface area contributed by atoms with Gasteiger partial charge in [-0.15, -0.1) is 0 Å². The van der Waals surface area contributed by atoms with Crippen LogP contribution in [0.5, 0.6) is 0 Å². The Bertz CT molecular complexity index is 254. The van der Waals surface area contributed by atoms with Crippen molar-refractivity contribution in [2.45, 2.75) is 31.4 Å². The SMILES string of the molecule is COC1CCC(NCC(=O)N2CCOCC2)C1. The van der Waals surface area contributed by atoms with E-state index in [1.807, 2.05) is 4.90 Å². The lowest BCUT2D eigenvalue weighted by Crippen LogP contribution is -2.46. The Morgan fingerprint density at radius 3 is 2.82 bits per heavy atom. The van der Waals surface area contributed by atoms with Crippen molar-refractivity contribution in [3.63, 3.8) is 0 Å². The Kier molecular flexibility index (Phi) is 4.76. The second-order valence-corrected chi connectivity index (χ2v) is 4.74. The van der Waals surface area contributed by atoms with E-state index in [-0.39, 0.29) is 5.91 Å². The number of amides is 1. The molecule has 1 N–H and O–H groups in total. The van der Waals surface area contributed by atoms with E-state index in [4.69, 9.17) is 9.47 Å². The average Bonchev–Trinajstić information content (AvgIpc) is 2.85. The van der Waals surface area contributed by atoms with Crippen LogP contribution in [0.4, 0.5) is 0 Å². The summed E-state index contributed by atoms with van der Waals surface area (Å²) in [5, 5.41) is 3.33. The molecule has 0 aromatic rings. The van der Waals surface area contributed by atoms with E-state index < -0.39 is 0 Å². The van der Waals surface area contributed by atoms with Crippen molar-refractivity contribution in [1.29, 1.82) is 0 Å². The molecule has 2 atom stereocenters. The normalized spacial score (nSPS) is 29.6. The minimum absolute atomic E-state index is 0.189. The van der Waals surface area contributed by atoms with Gasteiger partial charge in [0.1, 0.15) is 0 Å². The fraction of sp³-hybridized carbons (Fsp3) is 0.917. The molecule has 1 aliphatic heterocycles. The molecule has 2 unspecified atom stereocenters. The first-order valence-corrected chi connectivity index (χ1v) is 6.41. The first-order valence-electron chi connectivity index (χ1n) is 6.41. The van der Waals surface area contributed by atoms with Gasteiger partial charge in [-0.2, -0.15) is 0 Å². The zero-order valence-electron chi connectivity index (χ0n) is 10.5. The summed E-state index contributed by atoms with van der Waals surface area (Å²) < 4.78 is 10.5. The van der Waals surface area contributed by atoms with Crippen LogP contribution < -0.4 is 5.32 Å². The Morgan fingerprint density at radius 1 is 1.41 bits per heavy atom. The first-order chi connectivity index (χ1) is 8.29. The minimum atomic E-state index is 0.189. The molecule has 1 saturated heterocycles. The number of hydrogen-bond acceptors (Lipinski definition) is 4. The second kappa shape index (κ2) is 6.33. The fourth-order valence-electron chi connectivity index (χ4n) is 2.50. The lowest BCUT2D eigenvalue weighted by Gasteiger charge is -2.27. The smallest absolute Gasteiger partial charge is 0.236 e. The minimum Gasteiger partial charge on any atom is -0.381 e. The molecule has 2 rings (SSSR count). The van der Waals surface area contributed by atoms with Crippen LogP contribution in [0.2, 0.25) is 0 Å². The van der Waals surface area contributed by atoms with Crippen molar-refractivity contribution in [1.82, 2.24) is 10.2 Å². The number of hydrogen-bond donors (Lipinski definition) is 1. The number of carbonyl (C=O) groups excluding carboxylic acids is 1. The fourth-order valence-corrected chi connectivity index (χ4v) is 2.50. The summed E-state index contributed by atoms with van der Waals surface area (Å²) in [5.41, 5.74) is 0. The van der Waals surface area contributed by atoms with Crippen LogP contribution in [0.1, 0.15) is 19.3 Å². The maximum absolute atomic E-state index is 11.9. The third kappa shape index (κ3) is 3.66. The molecule has 98 valence electrons. The quantitative estimate of drug-likeness (QED) is 0.754. The Balaban J connectivity index is 1.65. The number of carbonyl (C=O) groups is 1. The van der Waals surface area contributed by atoms with E-state index in [0.29, 0.717) is 31.9 Å². The number of nitrogens with one attached hydrogen (secondary N) is 1. The number of morpholine rings is 1. The van der Waals surface area contributed by atoms with Gasteiger partial charge in [0.25, 0.3) is 0 Å². The zero-order chi connectivity index (χ0) is 12.1. The number of ether oxygens (including phenoxy) is 2. The van der Waals surface area contributed by atoms with Crippen LogP contribution in [0.15, 0.2) is 0 Å². The van der Waals surface area contributed by atoms with Crippen molar-refractivity contribution in [2.24, 2.45) is 0 Å². The molecular weight excluding hydrogens is 220 g/mol. The van der Waals surface area contributed by atoms with Gasteiger partial charge in [-0.05, 0) is 19.3 Å². The third-order valence-electron chi connectivity index (χ3n) is 3.62. The summed E-state index contributed by atoms with van der Waals surface area (Å²) in [6.45, 7) is 3.24. The molecule has 1 aliphatic carbocycles. The zero-order valence-corrected chi connectivity index (χ0v) is 10.5. The molecule has 1 amide bonds. The molecule has 2 aliphatic rings. The summed E-state index contributed by atoms with van der Waals surface area (Å²) in [7, 11) is 1.76. The molecule has 5 heteroatoms. The predicted molar refractivity (Wildman–Crippen MR) is 63.8 cm³/mol. The van der Waals surface area contributed by atoms with E-state index >= 15 is 0 Å². The largest absolute Gasteiger partial charge is 0.381 e. The Hall–Kier alpha value is -0.650. The molecule has 5 nitrogen and oxygen atoms in total. The number of methoxy groups -OCH3 is 1. The van der Waals surface area contributed by atoms with Crippen molar-refractivity contribution in [2.75, 3.05) is 40.0 Å². The van der Waals surface area contributed by atoms with E-state index in [9.17, 15) is 4.79 Å². The van der Waals surface area contributed by atoms with E-state index in [1.54, 1.807) is 7.11 Å². The summed E-state index contributed by atoms with van der Waals surface area (Å²) in [4.78, 5) is 13.8. The summed E-state index contributed by atoms with van der Waals surface area (Å²) in [6, 6.07) is 0.435. The molecule has 0 aromatic carbocycles. The van der Waals surface area contributed by atoms with Crippen LogP contribution in [0.3, 0.4) is 0 Å². The highest BCUT2D eigenvalue weighted by Gasteiger charge is 2.25.